The number of carboxylic acid groups (broad SMARTS) is 1. The molecule has 2 amide bonds. The minimum atomic E-state index is -1.56. The van der Waals surface area contributed by atoms with Gasteiger partial charge in [-0.25, -0.2) is 4.79 Å². The molecule has 0 radical (unpaired) electrons. The first-order valence-corrected chi connectivity index (χ1v) is 18.1. The van der Waals surface area contributed by atoms with Gasteiger partial charge in [0.25, 0.3) is 0 Å². The van der Waals surface area contributed by atoms with E-state index in [-0.39, 0.29) is 54.1 Å². The highest BCUT2D eigenvalue weighted by Gasteiger charge is 2.66. The molecule has 0 heterocycles. The van der Waals surface area contributed by atoms with Crippen LogP contribution in [0.15, 0.2) is 11.6 Å². The van der Waals surface area contributed by atoms with Crippen molar-refractivity contribution in [2.45, 2.75) is 136 Å². The normalized spacial score (nSPS) is 32.1. The molecule has 4 rings (SSSR count). The van der Waals surface area contributed by atoms with Crippen LogP contribution in [0.25, 0.3) is 0 Å². The topological polar surface area (TPSA) is 176 Å². The number of aliphatic carboxylic acids is 1. The minimum Gasteiger partial charge on any atom is -0.480 e. The molecule has 0 aromatic carbocycles. The summed E-state index contributed by atoms with van der Waals surface area (Å²) in [4.78, 5) is 73.7. The molecule has 3 fully saturated rings. The zero-order valence-corrected chi connectivity index (χ0v) is 29.2. The van der Waals surface area contributed by atoms with Crippen molar-refractivity contribution in [3.63, 3.8) is 0 Å². The predicted molar refractivity (Wildman–Crippen MR) is 177 cm³/mol. The van der Waals surface area contributed by atoms with Crippen molar-refractivity contribution in [3.05, 3.63) is 11.6 Å². The lowest BCUT2D eigenvalue weighted by Gasteiger charge is -2.58. The SMILES string of the molecule is CC[C@H](C)[C@@H](NC(=O)CCCCCNC(=O)CCC(=O)OCC(=O)[C@@]1(O)CC[C@H]2[C@@H]3CCC4=CC(=O)CC[C@]4(C)[C@@H]3CC[C@@]21C)C(=O)O. The molecule has 48 heavy (non-hydrogen) atoms. The Hall–Kier alpha value is -3.08. The van der Waals surface area contributed by atoms with Gasteiger partial charge in [0.05, 0.1) is 6.42 Å². The Labute approximate surface area is 284 Å². The van der Waals surface area contributed by atoms with Gasteiger partial charge in [-0.2, -0.15) is 0 Å². The Balaban J connectivity index is 1.14. The van der Waals surface area contributed by atoms with Gasteiger partial charge in [0.15, 0.2) is 12.4 Å². The van der Waals surface area contributed by atoms with Crippen molar-refractivity contribution >= 4 is 35.3 Å². The summed E-state index contributed by atoms with van der Waals surface area (Å²) in [5.41, 5.74) is -0.879. The number of Topliss-reactive ketones (excluding diaryl/α,β-unsaturated/α-hetero) is 1. The van der Waals surface area contributed by atoms with Gasteiger partial charge in [0, 0.05) is 31.2 Å². The molecule has 0 aliphatic heterocycles. The zero-order valence-electron chi connectivity index (χ0n) is 29.2. The molecule has 0 aromatic heterocycles. The smallest absolute Gasteiger partial charge is 0.326 e. The summed E-state index contributed by atoms with van der Waals surface area (Å²) < 4.78 is 5.26. The Kier molecular flexibility index (Phi) is 12.3. The van der Waals surface area contributed by atoms with Crippen molar-refractivity contribution in [1.29, 1.82) is 0 Å². The first kappa shape index (κ1) is 37.7. The van der Waals surface area contributed by atoms with Crippen LogP contribution in [0.3, 0.4) is 0 Å². The van der Waals surface area contributed by atoms with E-state index in [2.05, 4.69) is 17.6 Å². The van der Waals surface area contributed by atoms with E-state index in [1.165, 1.54) is 5.57 Å². The van der Waals surface area contributed by atoms with Crippen molar-refractivity contribution in [1.82, 2.24) is 10.6 Å². The summed E-state index contributed by atoms with van der Waals surface area (Å²) in [6.45, 7) is 7.85. The second kappa shape index (κ2) is 15.6. The maximum atomic E-state index is 13.4. The molecule has 8 atom stereocenters. The van der Waals surface area contributed by atoms with Crippen LogP contribution in [0.4, 0.5) is 0 Å². The van der Waals surface area contributed by atoms with Crippen molar-refractivity contribution < 1.29 is 43.7 Å². The number of hydrogen-bond acceptors (Lipinski definition) is 8. The number of rotatable bonds is 16. The number of amides is 2. The van der Waals surface area contributed by atoms with E-state index in [1.54, 1.807) is 6.92 Å². The molecule has 3 saturated carbocycles. The molecule has 0 saturated heterocycles. The third-order valence-electron chi connectivity index (χ3n) is 12.7. The van der Waals surface area contributed by atoms with Crippen LogP contribution >= 0.6 is 0 Å². The number of ether oxygens (including phenoxy) is 1. The van der Waals surface area contributed by atoms with E-state index in [1.807, 2.05) is 19.9 Å². The number of carbonyl (C=O) groups excluding carboxylic acids is 5. The molecule has 4 N–H and O–H groups in total. The number of allylic oxidation sites excluding steroid dienone is 1. The van der Waals surface area contributed by atoms with Gasteiger partial charge in [-0.1, -0.05) is 46.1 Å². The highest BCUT2D eigenvalue weighted by atomic mass is 16.5. The molecular weight excluding hydrogens is 616 g/mol. The number of unbranched alkanes of at least 4 members (excludes halogenated alkanes) is 2. The summed E-state index contributed by atoms with van der Waals surface area (Å²) in [5.74, 6) is -1.75. The fourth-order valence-corrected chi connectivity index (χ4v) is 9.42. The second-order valence-corrected chi connectivity index (χ2v) is 15.3. The van der Waals surface area contributed by atoms with Crippen LogP contribution in [0, 0.1) is 34.5 Å². The average Bonchev–Trinajstić information content (AvgIpc) is 3.33. The van der Waals surface area contributed by atoms with E-state index in [0.29, 0.717) is 63.3 Å². The molecule has 0 unspecified atom stereocenters. The lowest BCUT2D eigenvalue weighted by molar-refractivity contribution is -0.170. The Bertz CT molecular complexity index is 1300. The molecule has 4 aliphatic carbocycles. The molecule has 4 aliphatic rings. The maximum Gasteiger partial charge on any atom is 0.326 e. The van der Waals surface area contributed by atoms with Crippen molar-refractivity contribution in [2.75, 3.05) is 13.2 Å². The largest absolute Gasteiger partial charge is 0.480 e. The fraction of sp³-hybridized carbons (Fsp3) is 0.784. The van der Waals surface area contributed by atoms with E-state index in [4.69, 9.17) is 4.74 Å². The van der Waals surface area contributed by atoms with Gasteiger partial charge in [0.1, 0.15) is 11.6 Å². The average molecular weight is 673 g/mol. The van der Waals surface area contributed by atoms with Crippen LogP contribution in [0.1, 0.15) is 124 Å². The highest BCUT2D eigenvalue weighted by Crippen LogP contribution is 2.67. The third-order valence-corrected chi connectivity index (χ3v) is 12.7. The number of fused-ring (bicyclic) bond motifs is 5. The number of ketones is 2. The Morgan fingerprint density at radius 3 is 2.38 bits per heavy atom. The lowest BCUT2D eigenvalue weighted by Crippen LogP contribution is -2.58. The number of nitrogens with one attached hydrogen (secondary N) is 2. The van der Waals surface area contributed by atoms with Crippen molar-refractivity contribution in [3.8, 4) is 0 Å². The molecule has 268 valence electrons. The number of carbonyl (C=O) groups is 6. The first-order chi connectivity index (χ1) is 22.7. The first-order valence-electron chi connectivity index (χ1n) is 18.1. The monoisotopic (exact) mass is 672 g/mol. The molecule has 0 aromatic rings. The van der Waals surface area contributed by atoms with Crippen LogP contribution in [0.5, 0.6) is 0 Å². The number of hydrogen-bond donors (Lipinski definition) is 4. The lowest BCUT2D eigenvalue weighted by atomic mass is 9.46. The van der Waals surface area contributed by atoms with Gasteiger partial charge in [-0.05, 0) is 93.0 Å². The van der Waals surface area contributed by atoms with E-state index in [9.17, 15) is 39.0 Å². The highest BCUT2D eigenvalue weighted by molar-refractivity contribution is 5.92. The van der Waals surface area contributed by atoms with Gasteiger partial charge in [0.2, 0.25) is 17.6 Å². The summed E-state index contributed by atoms with van der Waals surface area (Å²) in [6, 6.07) is -0.904. The summed E-state index contributed by atoms with van der Waals surface area (Å²) in [7, 11) is 0. The zero-order chi connectivity index (χ0) is 35.3. The van der Waals surface area contributed by atoms with Crippen LogP contribution in [-0.2, 0) is 33.5 Å². The van der Waals surface area contributed by atoms with E-state index in [0.717, 1.165) is 32.1 Å². The molecule has 0 bridgehead atoms. The van der Waals surface area contributed by atoms with Crippen LogP contribution < -0.4 is 10.6 Å². The summed E-state index contributed by atoms with van der Waals surface area (Å²) >= 11 is 0. The molecule has 11 heteroatoms. The molecular formula is C37H56N2O9. The fourth-order valence-electron chi connectivity index (χ4n) is 9.42. The quantitative estimate of drug-likeness (QED) is 0.136. The number of carboxylic acids is 1. The van der Waals surface area contributed by atoms with Gasteiger partial charge in [-0.15, -0.1) is 0 Å². The predicted octanol–water partition coefficient (Wildman–Crippen LogP) is 4.43. The Morgan fingerprint density at radius 2 is 1.67 bits per heavy atom. The second-order valence-electron chi connectivity index (χ2n) is 15.3. The standard InChI is InChI=1S/C37H56N2O9/c1-5-23(2)33(34(45)46)39-31(43)9-7-6-8-20-38-30(42)12-13-32(44)48-22-29(41)37(47)19-16-28-26-11-10-24-21-25(40)14-17-35(24,3)27(26)15-18-36(28,37)4/h21,23,26-28,33,47H,5-20,22H2,1-4H3,(H,38,42)(H,39,43)(H,45,46)/t23-,26+,27+,28-,33+,35-,36-,37-/m0/s1. The summed E-state index contributed by atoms with van der Waals surface area (Å²) in [6.07, 6.45) is 10.3. The minimum absolute atomic E-state index is 0.00454. The van der Waals surface area contributed by atoms with Crippen LogP contribution in [0.2, 0.25) is 0 Å². The molecule has 11 nitrogen and oxygen atoms in total. The molecule has 0 spiro atoms. The van der Waals surface area contributed by atoms with Gasteiger partial charge < -0.3 is 25.6 Å². The van der Waals surface area contributed by atoms with Gasteiger partial charge in [-0.3, -0.25) is 24.0 Å². The van der Waals surface area contributed by atoms with Crippen molar-refractivity contribution in [2.24, 2.45) is 34.5 Å². The third kappa shape index (κ3) is 7.87. The van der Waals surface area contributed by atoms with E-state index >= 15 is 0 Å². The van der Waals surface area contributed by atoms with E-state index < -0.39 is 41.4 Å². The van der Waals surface area contributed by atoms with Gasteiger partial charge >= 0.3 is 11.9 Å². The maximum absolute atomic E-state index is 13.4. The van der Waals surface area contributed by atoms with Crippen LogP contribution in [-0.4, -0.2) is 70.3 Å². The number of esters is 1. The summed E-state index contributed by atoms with van der Waals surface area (Å²) in [5, 5.41) is 26.5. The Morgan fingerprint density at radius 1 is 0.938 bits per heavy atom. The number of aliphatic hydroxyl groups is 1.